The van der Waals surface area contributed by atoms with E-state index in [1.165, 1.54) is 11.8 Å². The highest BCUT2D eigenvalue weighted by Gasteiger charge is 2.16. The average Bonchev–Trinajstić information content (AvgIpc) is 3.07. The van der Waals surface area contributed by atoms with E-state index in [2.05, 4.69) is 21.1 Å². The third-order valence-electron chi connectivity index (χ3n) is 4.11. The van der Waals surface area contributed by atoms with Crippen molar-refractivity contribution in [2.24, 2.45) is 0 Å². The van der Waals surface area contributed by atoms with Gasteiger partial charge in [0.25, 0.3) is 11.7 Å². The van der Waals surface area contributed by atoms with Crippen molar-refractivity contribution >= 4 is 23.4 Å². The zero-order chi connectivity index (χ0) is 19.4. The molecule has 0 aliphatic carbocycles. The molecule has 138 valence electrons. The third-order valence-corrected chi connectivity index (χ3v) is 5.00. The fourth-order valence-electron chi connectivity index (χ4n) is 2.73. The molecule has 0 saturated heterocycles. The molecule has 0 aliphatic heterocycles. The molecule has 0 saturated carbocycles. The number of carbonyl (C=O) groups excluding carboxylic acids is 1. The van der Waals surface area contributed by atoms with Crippen molar-refractivity contribution in [3.05, 3.63) is 52.8 Å². The predicted molar refractivity (Wildman–Crippen MR) is 103 cm³/mol. The van der Waals surface area contributed by atoms with Gasteiger partial charge in [-0.1, -0.05) is 30.0 Å². The number of aryl methyl sites for hydroxylation is 2. The van der Waals surface area contributed by atoms with Gasteiger partial charge in [0.05, 0.1) is 12.5 Å². The van der Waals surface area contributed by atoms with E-state index < -0.39 is 0 Å². The van der Waals surface area contributed by atoms with E-state index in [1.54, 1.807) is 16.5 Å². The number of nitrogens with zero attached hydrogens (tertiary/aromatic N) is 6. The Kier molecular flexibility index (Phi) is 5.72. The van der Waals surface area contributed by atoms with Gasteiger partial charge in [0.2, 0.25) is 5.16 Å². The van der Waals surface area contributed by atoms with Crippen LogP contribution in [-0.4, -0.2) is 44.0 Å². The van der Waals surface area contributed by atoms with Gasteiger partial charge in [0.1, 0.15) is 0 Å². The maximum absolute atomic E-state index is 12.7. The largest absolute Gasteiger partial charge is 0.341 e. The second kappa shape index (κ2) is 8.18. The maximum atomic E-state index is 12.7. The summed E-state index contributed by atoms with van der Waals surface area (Å²) in [5, 5.41) is 13.8. The molecular formula is C19H20N6OS. The van der Waals surface area contributed by atoms with Crippen LogP contribution in [0.3, 0.4) is 0 Å². The number of fused-ring (bicyclic) bond motifs is 1. The molecule has 0 radical (unpaired) electrons. The van der Waals surface area contributed by atoms with E-state index in [4.69, 9.17) is 5.26 Å². The SMILES string of the molecule is Cc1cc(C)n2nc(SCc3ccccc3C(=O)N(C)CCC#N)nc2n1. The monoisotopic (exact) mass is 380 g/mol. The van der Waals surface area contributed by atoms with Gasteiger partial charge in [-0.05, 0) is 31.5 Å². The lowest BCUT2D eigenvalue weighted by molar-refractivity contribution is 0.0797. The van der Waals surface area contributed by atoms with Crippen LogP contribution in [0.5, 0.6) is 0 Å². The second-order valence-corrected chi connectivity index (χ2v) is 7.17. The number of carbonyl (C=O) groups is 1. The molecule has 8 heteroatoms. The summed E-state index contributed by atoms with van der Waals surface area (Å²) >= 11 is 1.47. The summed E-state index contributed by atoms with van der Waals surface area (Å²) in [6.45, 7) is 4.31. The number of benzene rings is 1. The topological polar surface area (TPSA) is 87.2 Å². The molecule has 2 aromatic heterocycles. The Labute approximate surface area is 162 Å². The van der Waals surface area contributed by atoms with Gasteiger partial charge in [0, 0.05) is 36.3 Å². The fourth-order valence-corrected chi connectivity index (χ4v) is 3.55. The minimum Gasteiger partial charge on any atom is -0.341 e. The molecular weight excluding hydrogens is 360 g/mol. The molecule has 3 rings (SSSR count). The summed E-state index contributed by atoms with van der Waals surface area (Å²) in [4.78, 5) is 23.1. The lowest BCUT2D eigenvalue weighted by Gasteiger charge is -2.17. The number of nitriles is 1. The van der Waals surface area contributed by atoms with Crippen molar-refractivity contribution in [1.82, 2.24) is 24.5 Å². The highest BCUT2D eigenvalue weighted by molar-refractivity contribution is 7.98. The zero-order valence-electron chi connectivity index (χ0n) is 15.5. The van der Waals surface area contributed by atoms with Crippen LogP contribution in [-0.2, 0) is 5.75 Å². The molecule has 0 aliphatic rings. The molecule has 27 heavy (non-hydrogen) atoms. The summed E-state index contributed by atoms with van der Waals surface area (Å²) < 4.78 is 1.72. The van der Waals surface area contributed by atoms with Gasteiger partial charge in [-0.2, -0.15) is 10.2 Å². The lowest BCUT2D eigenvalue weighted by atomic mass is 10.1. The van der Waals surface area contributed by atoms with Crippen molar-refractivity contribution in [1.29, 1.82) is 5.26 Å². The standard InChI is InChI=1S/C19H20N6OS/c1-13-11-14(2)25-18(21-13)22-19(23-25)27-12-15-7-4-5-8-16(15)17(26)24(3)10-6-9-20/h4-5,7-8,11H,6,10,12H2,1-3H3. The molecule has 0 bridgehead atoms. The molecule has 0 unspecified atom stereocenters. The van der Waals surface area contributed by atoms with Crippen molar-refractivity contribution in [2.75, 3.05) is 13.6 Å². The van der Waals surface area contributed by atoms with E-state index >= 15 is 0 Å². The smallest absolute Gasteiger partial charge is 0.253 e. The van der Waals surface area contributed by atoms with Crippen molar-refractivity contribution in [3.63, 3.8) is 0 Å². The number of hydrogen-bond donors (Lipinski definition) is 0. The number of amides is 1. The van der Waals surface area contributed by atoms with Gasteiger partial charge in [-0.25, -0.2) is 9.50 Å². The van der Waals surface area contributed by atoms with Crippen LogP contribution in [0.15, 0.2) is 35.5 Å². The molecule has 0 N–H and O–H groups in total. The van der Waals surface area contributed by atoms with E-state index in [0.29, 0.717) is 35.2 Å². The average molecular weight is 380 g/mol. The Hall–Kier alpha value is -2.92. The van der Waals surface area contributed by atoms with Crippen molar-refractivity contribution in [2.45, 2.75) is 31.2 Å². The normalized spacial score (nSPS) is 10.7. The third kappa shape index (κ3) is 4.26. The Morgan fingerprint density at radius 3 is 2.85 bits per heavy atom. The van der Waals surface area contributed by atoms with Gasteiger partial charge < -0.3 is 4.90 Å². The number of aromatic nitrogens is 4. The molecule has 0 fully saturated rings. The van der Waals surface area contributed by atoms with Crippen LogP contribution < -0.4 is 0 Å². The molecule has 1 amide bonds. The number of hydrogen-bond acceptors (Lipinski definition) is 6. The number of rotatable bonds is 6. The van der Waals surface area contributed by atoms with Crippen LogP contribution >= 0.6 is 11.8 Å². The van der Waals surface area contributed by atoms with E-state index in [9.17, 15) is 4.79 Å². The van der Waals surface area contributed by atoms with Crippen LogP contribution in [0.4, 0.5) is 0 Å². The molecule has 0 atom stereocenters. The minimum atomic E-state index is -0.0856. The quantitative estimate of drug-likeness (QED) is 0.611. The molecule has 3 aromatic rings. The first-order chi connectivity index (χ1) is 13.0. The summed E-state index contributed by atoms with van der Waals surface area (Å²) in [6, 6.07) is 11.5. The van der Waals surface area contributed by atoms with Crippen LogP contribution in [0, 0.1) is 25.2 Å². The first-order valence-electron chi connectivity index (χ1n) is 8.53. The van der Waals surface area contributed by atoms with E-state index in [1.807, 2.05) is 44.2 Å². The van der Waals surface area contributed by atoms with Gasteiger partial charge >= 0.3 is 0 Å². The summed E-state index contributed by atoms with van der Waals surface area (Å²) in [7, 11) is 1.71. The van der Waals surface area contributed by atoms with E-state index in [-0.39, 0.29) is 5.91 Å². The second-order valence-electron chi connectivity index (χ2n) is 6.23. The Balaban J connectivity index is 1.78. The minimum absolute atomic E-state index is 0.0856. The molecule has 2 heterocycles. The van der Waals surface area contributed by atoms with Gasteiger partial charge in [-0.3, -0.25) is 4.79 Å². The van der Waals surface area contributed by atoms with Crippen LogP contribution in [0.1, 0.15) is 33.7 Å². The molecule has 7 nitrogen and oxygen atoms in total. The predicted octanol–water partition coefficient (Wildman–Crippen LogP) is 3.02. The number of thioether (sulfide) groups is 1. The molecule has 0 spiro atoms. The summed E-state index contributed by atoms with van der Waals surface area (Å²) in [6.07, 6.45) is 0.316. The first kappa shape index (κ1) is 18.9. The molecule has 1 aromatic carbocycles. The summed E-state index contributed by atoms with van der Waals surface area (Å²) in [5.41, 5.74) is 3.43. The van der Waals surface area contributed by atoms with Crippen molar-refractivity contribution < 1.29 is 4.79 Å². The first-order valence-corrected chi connectivity index (χ1v) is 9.52. The van der Waals surface area contributed by atoms with Crippen molar-refractivity contribution in [3.8, 4) is 6.07 Å². The Morgan fingerprint density at radius 2 is 2.07 bits per heavy atom. The highest BCUT2D eigenvalue weighted by Crippen LogP contribution is 2.23. The van der Waals surface area contributed by atoms with Gasteiger partial charge in [0.15, 0.2) is 0 Å². The van der Waals surface area contributed by atoms with Crippen LogP contribution in [0.2, 0.25) is 0 Å². The van der Waals surface area contributed by atoms with Crippen LogP contribution in [0.25, 0.3) is 5.78 Å². The maximum Gasteiger partial charge on any atom is 0.253 e. The lowest BCUT2D eigenvalue weighted by Crippen LogP contribution is -2.28. The van der Waals surface area contributed by atoms with Gasteiger partial charge in [-0.15, -0.1) is 5.10 Å². The fraction of sp³-hybridized carbons (Fsp3) is 0.316. The Morgan fingerprint density at radius 1 is 1.30 bits per heavy atom. The van der Waals surface area contributed by atoms with E-state index in [0.717, 1.165) is 17.0 Å². The Bertz CT molecular complexity index is 1020. The zero-order valence-corrected chi connectivity index (χ0v) is 16.3. The summed E-state index contributed by atoms with van der Waals surface area (Å²) in [5.74, 6) is 1.07. The highest BCUT2D eigenvalue weighted by atomic mass is 32.2.